The van der Waals surface area contributed by atoms with Gasteiger partial charge in [-0.15, -0.1) is 0 Å². The number of para-hydroxylation sites is 1. The molecule has 1 atom stereocenters. The second-order valence-electron chi connectivity index (χ2n) is 6.12. The van der Waals surface area contributed by atoms with Gasteiger partial charge in [-0.05, 0) is 50.1 Å². The Bertz CT molecular complexity index is 758. The zero-order valence-electron chi connectivity index (χ0n) is 15.5. The van der Waals surface area contributed by atoms with E-state index in [2.05, 4.69) is 10.6 Å². The molecule has 2 amide bonds. The smallest absolute Gasteiger partial charge is 0.255 e. The van der Waals surface area contributed by atoms with E-state index in [1.165, 1.54) is 0 Å². The quantitative estimate of drug-likeness (QED) is 0.744. The Balaban J connectivity index is 2.15. The third kappa shape index (κ3) is 5.34. The second-order valence-corrected chi connectivity index (χ2v) is 6.12. The number of carbonyl (C=O) groups is 2. The predicted octanol–water partition coefficient (Wildman–Crippen LogP) is 4.26. The number of hydrogen-bond donors (Lipinski definition) is 2. The third-order valence-corrected chi connectivity index (χ3v) is 3.96. The summed E-state index contributed by atoms with van der Waals surface area (Å²) in [5.74, 6) is 0.174. The van der Waals surface area contributed by atoms with Crippen LogP contribution in [0.3, 0.4) is 0 Å². The van der Waals surface area contributed by atoms with Gasteiger partial charge in [0.05, 0.1) is 17.4 Å². The normalized spacial score (nSPS) is 11.5. The molecule has 0 bridgehead atoms. The maximum atomic E-state index is 12.6. The van der Waals surface area contributed by atoms with Crippen LogP contribution in [0.4, 0.5) is 5.69 Å². The van der Waals surface area contributed by atoms with Gasteiger partial charge in [-0.25, -0.2) is 0 Å². The Labute approximate surface area is 154 Å². The zero-order valence-corrected chi connectivity index (χ0v) is 15.5. The molecule has 0 radical (unpaired) electrons. The zero-order chi connectivity index (χ0) is 18.9. The molecule has 0 saturated carbocycles. The van der Waals surface area contributed by atoms with E-state index < -0.39 is 0 Å². The molecule has 2 rings (SSSR count). The van der Waals surface area contributed by atoms with Gasteiger partial charge in [-0.2, -0.15) is 0 Å². The fourth-order valence-corrected chi connectivity index (χ4v) is 2.34. The van der Waals surface area contributed by atoms with Gasteiger partial charge in [0.2, 0.25) is 0 Å². The highest BCUT2D eigenvalue weighted by molar-refractivity contribution is 6.09. The molecule has 0 fully saturated rings. The lowest BCUT2D eigenvalue weighted by Gasteiger charge is -2.14. The second kappa shape index (κ2) is 9.61. The van der Waals surface area contributed by atoms with Crippen LogP contribution in [0.25, 0.3) is 0 Å². The summed E-state index contributed by atoms with van der Waals surface area (Å²) in [6, 6.07) is 14.0. The summed E-state index contributed by atoms with van der Waals surface area (Å²) in [6.45, 7) is 6.61. The number of ether oxygens (including phenoxy) is 1. The van der Waals surface area contributed by atoms with Crippen LogP contribution in [0.5, 0.6) is 5.75 Å². The number of carbonyl (C=O) groups excluding carboxylic acids is 2. The average molecular weight is 354 g/mol. The van der Waals surface area contributed by atoms with E-state index in [9.17, 15) is 9.59 Å². The number of anilines is 1. The van der Waals surface area contributed by atoms with Gasteiger partial charge in [-0.3, -0.25) is 9.59 Å². The molecule has 138 valence electrons. The highest BCUT2D eigenvalue weighted by atomic mass is 16.5. The van der Waals surface area contributed by atoms with Crippen LogP contribution in [0.15, 0.2) is 48.5 Å². The molecule has 1 unspecified atom stereocenters. The molecular weight excluding hydrogens is 328 g/mol. The number of nitrogens with one attached hydrogen (secondary N) is 2. The summed E-state index contributed by atoms with van der Waals surface area (Å²) in [6.07, 6.45) is 1.82. The van der Waals surface area contributed by atoms with E-state index in [1.54, 1.807) is 42.5 Å². The molecule has 0 aliphatic rings. The first-order valence-electron chi connectivity index (χ1n) is 9.00. The lowest BCUT2D eigenvalue weighted by Crippen LogP contribution is -2.25. The Morgan fingerprint density at radius 2 is 1.81 bits per heavy atom. The minimum absolute atomic E-state index is 0.0799. The van der Waals surface area contributed by atoms with E-state index in [1.807, 2.05) is 26.8 Å². The maximum absolute atomic E-state index is 12.6. The largest absolute Gasteiger partial charge is 0.491 e. The summed E-state index contributed by atoms with van der Waals surface area (Å²) < 4.78 is 5.77. The van der Waals surface area contributed by atoms with Gasteiger partial charge in [0, 0.05) is 12.1 Å². The Kier molecular flexibility index (Phi) is 7.21. The van der Waals surface area contributed by atoms with Gasteiger partial charge in [0.25, 0.3) is 11.8 Å². The lowest BCUT2D eigenvalue weighted by atomic mass is 10.1. The molecule has 2 N–H and O–H groups in total. The first-order valence-corrected chi connectivity index (χ1v) is 9.00. The van der Waals surface area contributed by atoms with Crippen molar-refractivity contribution in [2.45, 2.75) is 39.7 Å². The molecule has 26 heavy (non-hydrogen) atoms. The molecule has 0 heterocycles. The van der Waals surface area contributed by atoms with Crippen molar-refractivity contribution in [3.8, 4) is 5.75 Å². The molecule has 0 spiro atoms. The van der Waals surface area contributed by atoms with Crippen LogP contribution in [0, 0.1) is 0 Å². The highest BCUT2D eigenvalue weighted by Crippen LogP contribution is 2.19. The van der Waals surface area contributed by atoms with Crippen LogP contribution in [-0.4, -0.2) is 24.5 Å². The van der Waals surface area contributed by atoms with Crippen LogP contribution >= 0.6 is 0 Å². The Morgan fingerprint density at radius 1 is 1.04 bits per heavy atom. The Hall–Kier alpha value is -2.82. The predicted molar refractivity (Wildman–Crippen MR) is 104 cm³/mol. The van der Waals surface area contributed by atoms with Gasteiger partial charge < -0.3 is 15.4 Å². The van der Waals surface area contributed by atoms with Crippen molar-refractivity contribution in [2.24, 2.45) is 0 Å². The maximum Gasteiger partial charge on any atom is 0.255 e. The van der Waals surface area contributed by atoms with Crippen LogP contribution < -0.4 is 15.4 Å². The number of benzene rings is 2. The molecule has 0 aromatic heterocycles. The van der Waals surface area contributed by atoms with Gasteiger partial charge in [0.1, 0.15) is 5.75 Å². The molecular formula is C21H26N2O3. The van der Waals surface area contributed by atoms with Gasteiger partial charge in [0.15, 0.2) is 0 Å². The summed E-state index contributed by atoms with van der Waals surface area (Å²) in [5.41, 5.74) is 1.41. The fraction of sp³-hybridized carbons (Fsp3) is 0.333. The summed E-state index contributed by atoms with van der Waals surface area (Å²) in [5, 5.41) is 5.65. The molecule has 5 heteroatoms. The third-order valence-electron chi connectivity index (χ3n) is 3.96. The topological polar surface area (TPSA) is 67.4 Å². The molecule has 0 saturated heterocycles. The minimum atomic E-state index is -0.282. The molecule has 5 nitrogen and oxygen atoms in total. The minimum Gasteiger partial charge on any atom is -0.491 e. The number of rotatable bonds is 8. The van der Waals surface area contributed by atoms with E-state index >= 15 is 0 Å². The van der Waals surface area contributed by atoms with Crippen molar-refractivity contribution in [3.05, 3.63) is 59.7 Å². The highest BCUT2D eigenvalue weighted by Gasteiger charge is 2.14. The van der Waals surface area contributed by atoms with Crippen molar-refractivity contribution >= 4 is 17.5 Å². The molecule has 0 aliphatic heterocycles. The monoisotopic (exact) mass is 354 g/mol. The van der Waals surface area contributed by atoms with E-state index in [-0.39, 0.29) is 17.9 Å². The number of amides is 2. The van der Waals surface area contributed by atoms with Crippen molar-refractivity contribution in [2.75, 3.05) is 11.9 Å². The number of hydrogen-bond acceptors (Lipinski definition) is 3. The summed E-state index contributed by atoms with van der Waals surface area (Å²) in [4.78, 5) is 24.9. The molecule has 2 aromatic carbocycles. The van der Waals surface area contributed by atoms with Gasteiger partial charge in [-0.1, -0.05) is 32.0 Å². The van der Waals surface area contributed by atoms with Gasteiger partial charge >= 0.3 is 0 Å². The van der Waals surface area contributed by atoms with E-state index in [0.29, 0.717) is 29.1 Å². The summed E-state index contributed by atoms with van der Waals surface area (Å²) >= 11 is 0. The fourth-order valence-electron chi connectivity index (χ4n) is 2.34. The van der Waals surface area contributed by atoms with Crippen molar-refractivity contribution in [3.63, 3.8) is 0 Å². The molecule has 0 aliphatic carbocycles. The molecule has 2 aromatic rings. The van der Waals surface area contributed by atoms with Crippen molar-refractivity contribution < 1.29 is 14.3 Å². The van der Waals surface area contributed by atoms with Crippen LogP contribution in [-0.2, 0) is 0 Å². The summed E-state index contributed by atoms with van der Waals surface area (Å²) in [7, 11) is 0. The van der Waals surface area contributed by atoms with E-state index in [4.69, 9.17) is 4.74 Å². The van der Waals surface area contributed by atoms with Crippen LogP contribution in [0.2, 0.25) is 0 Å². The average Bonchev–Trinajstić information content (AvgIpc) is 2.66. The standard InChI is InChI=1S/C21H26N2O3/c1-4-13-22-21(25)18-11-6-7-12-19(18)23-20(24)16-9-8-10-17(14-16)26-15(3)5-2/h6-12,14-15H,4-5,13H2,1-3H3,(H,22,25)(H,23,24). The van der Waals surface area contributed by atoms with Crippen LogP contribution in [0.1, 0.15) is 54.3 Å². The van der Waals surface area contributed by atoms with E-state index in [0.717, 1.165) is 12.8 Å². The first kappa shape index (κ1) is 19.5. The Morgan fingerprint density at radius 3 is 2.54 bits per heavy atom. The lowest BCUT2D eigenvalue weighted by molar-refractivity contribution is 0.0954. The van der Waals surface area contributed by atoms with Crippen molar-refractivity contribution in [1.82, 2.24) is 5.32 Å². The SMILES string of the molecule is CCCNC(=O)c1ccccc1NC(=O)c1cccc(OC(C)CC)c1. The van der Waals surface area contributed by atoms with Crippen molar-refractivity contribution in [1.29, 1.82) is 0 Å². The first-order chi connectivity index (χ1) is 12.5.